The van der Waals surface area contributed by atoms with Crippen LogP contribution < -0.4 is 5.32 Å². The molecule has 3 atom stereocenters. The van der Waals surface area contributed by atoms with Crippen LogP contribution in [0.5, 0.6) is 0 Å². The van der Waals surface area contributed by atoms with Crippen LogP contribution >= 0.6 is 0 Å². The molecule has 1 fully saturated rings. The smallest absolute Gasteiger partial charge is 0.306 e. The first kappa shape index (κ1) is 12.8. The summed E-state index contributed by atoms with van der Waals surface area (Å²) in [5.74, 6) is -0.267. The van der Waals surface area contributed by atoms with Gasteiger partial charge in [0.15, 0.2) is 0 Å². The number of nitrogens with one attached hydrogen (secondary N) is 1. The minimum atomic E-state index is -0.870. The van der Waals surface area contributed by atoms with E-state index in [0.717, 1.165) is 5.69 Å². The fourth-order valence-electron chi connectivity index (χ4n) is 2.60. The summed E-state index contributed by atoms with van der Waals surface area (Å²) < 4.78 is 1.54. The minimum absolute atomic E-state index is 0.261. The zero-order valence-corrected chi connectivity index (χ0v) is 10.9. The van der Waals surface area contributed by atoms with Gasteiger partial charge in [0.2, 0.25) is 0 Å². The number of aliphatic hydroxyl groups excluding tert-OH is 1. The van der Waals surface area contributed by atoms with Gasteiger partial charge in [0.1, 0.15) is 12.1 Å². The van der Waals surface area contributed by atoms with Gasteiger partial charge >= 0.3 is 5.97 Å². The van der Waals surface area contributed by atoms with Crippen molar-refractivity contribution in [3.8, 4) is 0 Å². The maximum absolute atomic E-state index is 11.0. The number of anilines is 1. The molecular formula is C12H15N5O3. The van der Waals surface area contributed by atoms with Crippen molar-refractivity contribution in [2.45, 2.75) is 31.9 Å². The first-order valence-electron chi connectivity index (χ1n) is 6.39. The van der Waals surface area contributed by atoms with Crippen LogP contribution in [0.1, 0.15) is 18.5 Å². The summed E-state index contributed by atoms with van der Waals surface area (Å²) in [5, 5.41) is 26.2. The van der Waals surface area contributed by atoms with E-state index in [0.29, 0.717) is 18.0 Å². The largest absolute Gasteiger partial charge is 0.481 e. The molecule has 0 radical (unpaired) electrons. The van der Waals surface area contributed by atoms with E-state index in [2.05, 4.69) is 20.4 Å². The number of carbonyl (C=O) groups is 1. The Kier molecular flexibility index (Phi) is 3.01. The monoisotopic (exact) mass is 277 g/mol. The summed E-state index contributed by atoms with van der Waals surface area (Å²) in [6, 6.07) is 1.48. The van der Waals surface area contributed by atoms with Crippen LogP contribution in [0.3, 0.4) is 0 Å². The highest BCUT2D eigenvalue weighted by molar-refractivity contribution is 5.70. The highest BCUT2D eigenvalue weighted by Crippen LogP contribution is 2.28. The predicted octanol–water partition coefficient (Wildman–Crippen LogP) is 0.0687. The van der Waals surface area contributed by atoms with Crippen LogP contribution in [0, 0.1) is 12.8 Å². The summed E-state index contributed by atoms with van der Waals surface area (Å²) in [6.07, 6.45) is 1.35. The molecule has 3 unspecified atom stereocenters. The minimum Gasteiger partial charge on any atom is -0.481 e. The molecule has 0 aromatic carbocycles. The van der Waals surface area contributed by atoms with Crippen molar-refractivity contribution in [2.75, 3.05) is 5.32 Å². The maximum Gasteiger partial charge on any atom is 0.306 e. The van der Waals surface area contributed by atoms with E-state index < -0.39 is 18.0 Å². The quantitative estimate of drug-likeness (QED) is 0.727. The molecule has 8 nitrogen and oxygen atoms in total. The normalized spacial score (nSPS) is 26.0. The van der Waals surface area contributed by atoms with Gasteiger partial charge in [-0.3, -0.25) is 4.79 Å². The average molecular weight is 277 g/mol. The fourth-order valence-corrected chi connectivity index (χ4v) is 2.60. The van der Waals surface area contributed by atoms with E-state index in [1.807, 2.05) is 6.92 Å². The van der Waals surface area contributed by atoms with E-state index in [1.165, 1.54) is 10.8 Å². The summed E-state index contributed by atoms with van der Waals surface area (Å²) in [7, 11) is 0. The van der Waals surface area contributed by atoms with Gasteiger partial charge in [-0.05, 0) is 19.8 Å². The van der Waals surface area contributed by atoms with Crippen molar-refractivity contribution in [2.24, 2.45) is 5.92 Å². The number of carboxylic acids is 1. The lowest BCUT2D eigenvalue weighted by molar-refractivity contribution is -0.141. The molecule has 8 heteroatoms. The number of aryl methyl sites for hydroxylation is 1. The van der Waals surface area contributed by atoms with E-state index in [1.54, 1.807) is 6.07 Å². The standard InChI is InChI=1S/C12H15N5O3/c1-6-2-10(17-12(15-6)13-5-14-17)16-8-3-7(11(19)20)4-9(8)18/h2,5,7-9,16,18H,3-4H2,1H3,(H,19,20). The lowest BCUT2D eigenvalue weighted by atomic mass is 10.1. The van der Waals surface area contributed by atoms with Gasteiger partial charge in [0.25, 0.3) is 5.78 Å². The van der Waals surface area contributed by atoms with Crippen molar-refractivity contribution in [3.05, 3.63) is 18.1 Å². The molecule has 0 saturated heterocycles. The maximum atomic E-state index is 11.0. The van der Waals surface area contributed by atoms with E-state index in [4.69, 9.17) is 5.11 Å². The Hall–Kier alpha value is -2.22. The highest BCUT2D eigenvalue weighted by Gasteiger charge is 2.37. The molecule has 2 aromatic heterocycles. The number of aliphatic hydroxyl groups is 1. The molecule has 2 heterocycles. The highest BCUT2D eigenvalue weighted by atomic mass is 16.4. The molecule has 0 aliphatic heterocycles. The molecule has 0 bridgehead atoms. The summed E-state index contributed by atoms with van der Waals surface area (Å²) in [5.41, 5.74) is 0.773. The molecule has 1 saturated carbocycles. The SMILES string of the molecule is Cc1cc(NC2CC(C(=O)O)CC2O)n2ncnc2n1. The second kappa shape index (κ2) is 4.71. The lowest BCUT2D eigenvalue weighted by Gasteiger charge is -2.18. The zero-order valence-electron chi connectivity index (χ0n) is 10.9. The number of hydrogen-bond acceptors (Lipinski definition) is 6. The lowest BCUT2D eigenvalue weighted by Crippen LogP contribution is -2.29. The van der Waals surface area contributed by atoms with Crippen LogP contribution in [-0.2, 0) is 4.79 Å². The first-order valence-corrected chi connectivity index (χ1v) is 6.39. The Morgan fingerprint density at radius 3 is 3.00 bits per heavy atom. The average Bonchev–Trinajstić information content (AvgIpc) is 2.96. The summed E-state index contributed by atoms with van der Waals surface area (Å²) in [6.45, 7) is 1.84. The van der Waals surface area contributed by atoms with Crippen LogP contribution in [0.15, 0.2) is 12.4 Å². The Morgan fingerprint density at radius 2 is 2.30 bits per heavy atom. The second-order valence-corrected chi connectivity index (χ2v) is 5.08. The van der Waals surface area contributed by atoms with E-state index in [-0.39, 0.29) is 12.5 Å². The van der Waals surface area contributed by atoms with E-state index in [9.17, 15) is 9.90 Å². The molecule has 1 aliphatic rings. The van der Waals surface area contributed by atoms with Crippen LogP contribution in [0.4, 0.5) is 5.82 Å². The van der Waals surface area contributed by atoms with Crippen LogP contribution in [0.2, 0.25) is 0 Å². The van der Waals surface area contributed by atoms with Gasteiger partial charge in [-0.15, -0.1) is 0 Å². The molecule has 1 aliphatic carbocycles. The van der Waals surface area contributed by atoms with Crippen molar-refractivity contribution in [3.63, 3.8) is 0 Å². The third-order valence-electron chi connectivity index (χ3n) is 3.59. The second-order valence-electron chi connectivity index (χ2n) is 5.08. The third kappa shape index (κ3) is 2.18. The number of hydrogen-bond donors (Lipinski definition) is 3. The molecule has 3 N–H and O–H groups in total. The van der Waals surface area contributed by atoms with Crippen molar-refractivity contribution in [1.29, 1.82) is 0 Å². The molecule has 2 aromatic rings. The predicted molar refractivity (Wildman–Crippen MR) is 69.3 cm³/mol. The fraction of sp³-hybridized carbons (Fsp3) is 0.500. The number of carboxylic acid groups (broad SMARTS) is 1. The van der Waals surface area contributed by atoms with E-state index >= 15 is 0 Å². The molecule has 3 rings (SSSR count). The van der Waals surface area contributed by atoms with Crippen LogP contribution in [-0.4, -0.2) is 47.9 Å². The number of aliphatic carboxylic acids is 1. The molecule has 0 amide bonds. The van der Waals surface area contributed by atoms with Gasteiger partial charge in [0, 0.05) is 11.8 Å². The topological polar surface area (TPSA) is 113 Å². The number of nitrogens with zero attached hydrogens (tertiary/aromatic N) is 4. The molecule has 106 valence electrons. The molecule has 20 heavy (non-hydrogen) atoms. The van der Waals surface area contributed by atoms with Gasteiger partial charge in [-0.25, -0.2) is 4.98 Å². The number of rotatable bonds is 3. The van der Waals surface area contributed by atoms with Crippen molar-refractivity contribution in [1.82, 2.24) is 19.6 Å². The van der Waals surface area contributed by atoms with Gasteiger partial charge in [-0.2, -0.15) is 14.6 Å². The summed E-state index contributed by atoms with van der Waals surface area (Å²) in [4.78, 5) is 19.2. The van der Waals surface area contributed by atoms with Gasteiger partial charge < -0.3 is 15.5 Å². The number of aromatic nitrogens is 4. The first-order chi connectivity index (χ1) is 9.54. The van der Waals surface area contributed by atoms with Crippen LogP contribution in [0.25, 0.3) is 5.78 Å². The Balaban J connectivity index is 1.86. The third-order valence-corrected chi connectivity index (χ3v) is 3.59. The van der Waals surface area contributed by atoms with Crippen molar-refractivity contribution < 1.29 is 15.0 Å². The Bertz CT molecular complexity index is 656. The van der Waals surface area contributed by atoms with Gasteiger partial charge in [-0.1, -0.05) is 0 Å². The molecular weight excluding hydrogens is 262 g/mol. The Labute approximate surface area is 114 Å². The number of fused-ring (bicyclic) bond motifs is 1. The summed E-state index contributed by atoms with van der Waals surface area (Å²) >= 11 is 0. The zero-order chi connectivity index (χ0) is 14.3. The molecule has 0 spiro atoms. The Morgan fingerprint density at radius 1 is 1.50 bits per heavy atom. The van der Waals surface area contributed by atoms with Gasteiger partial charge in [0.05, 0.1) is 18.1 Å². The van der Waals surface area contributed by atoms with Crippen molar-refractivity contribution >= 4 is 17.6 Å².